The van der Waals surface area contributed by atoms with Gasteiger partial charge in [0.05, 0.1) is 0 Å². The number of rotatable bonds is 5. The summed E-state index contributed by atoms with van der Waals surface area (Å²) in [6, 6.07) is 11.0. The average Bonchev–Trinajstić information content (AvgIpc) is 2.44. The first-order valence-corrected chi connectivity index (χ1v) is 8.12. The highest BCUT2D eigenvalue weighted by Crippen LogP contribution is 2.30. The van der Waals surface area contributed by atoms with E-state index < -0.39 is 0 Å². The van der Waals surface area contributed by atoms with Crippen LogP contribution in [0.2, 0.25) is 5.02 Å². The van der Waals surface area contributed by atoms with Crippen molar-refractivity contribution in [2.75, 3.05) is 6.54 Å². The lowest BCUT2D eigenvalue weighted by atomic mass is 9.97. The Kier molecular flexibility index (Phi) is 5.80. The highest BCUT2D eigenvalue weighted by Gasteiger charge is 2.17. The minimum Gasteiger partial charge on any atom is -0.310 e. The van der Waals surface area contributed by atoms with Crippen LogP contribution in [-0.4, -0.2) is 6.54 Å². The molecule has 2 aromatic rings. The SMILES string of the molecule is CCNC(Cc1ccc(F)cc1Br)c1cccc(C)c1Cl. The van der Waals surface area contributed by atoms with E-state index in [4.69, 9.17) is 11.6 Å². The summed E-state index contributed by atoms with van der Waals surface area (Å²) >= 11 is 9.87. The van der Waals surface area contributed by atoms with Crippen LogP contribution in [0.15, 0.2) is 40.9 Å². The molecule has 1 atom stereocenters. The van der Waals surface area contributed by atoms with Gasteiger partial charge >= 0.3 is 0 Å². The molecule has 0 aliphatic rings. The van der Waals surface area contributed by atoms with Crippen molar-refractivity contribution in [3.05, 3.63) is 68.4 Å². The Balaban J connectivity index is 2.33. The fourth-order valence-electron chi connectivity index (χ4n) is 2.38. The molecule has 0 aromatic heterocycles. The molecule has 0 amide bonds. The van der Waals surface area contributed by atoms with E-state index in [1.807, 2.05) is 31.2 Å². The monoisotopic (exact) mass is 369 g/mol. The Hall–Kier alpha value is -0.900. The van der Waals surface area contributed by atoms with Crippen molar-refractivity contribution in [1.82, 2.24) is 5.32 Å². The van der Waals surface area contributed by atoms with E-state index in [1.165, 1.54) is 12.1 Å². The van der Waals surface area contributed by atoms with Gasteiger partial charge in [-0.15, -0.1) is 0 Å². The van der Waals surface area contributed by atoms with E-state index in [0.717, 1.165) is 39.2 Å². The van der Waals surface area contributed by atoms with Crippen molar-refractivity contribution in [2.24, 2.45) is 0 Å². The van der Waals surface area contributed by atoms with Gasteiger partial charge in [0.2, 0.25) is 0 Å². The lowest BCUT2D eigenvalue weighted by Gasteiger charge is -2.21. The van der Waals surface area contributed by atoms with Crippen molar-refractivity contribution >= 4 is 27.5 Å². The molecule has 2 rings (SSSR count). The second-order valence-corrected chi connectivity index (χ2v) is 6.26. The predicted molar refractivity (Wildman–Crippen MR) is 90.4 cm³/mol. The summed E-state index contributed by atoms with van der Waals surface area (Å²) in [6.45, 7) is 4.91. The molecule has 4 heteroatoms. The lowest BCUT2D eigenvalue weighted by molar-refractivity contribution is 0.547. The second-order valence-electron chi connectivity index (χ2n) is 5.03. The molecule has 0 spiro atoms. The molecule has 0 saturated carbocycles. The summed E-state index contributed by atoms with van der Waals surface area (Å²) in [5.74, 6) is -0.237. The Morgan fingerprint density at radius 1 is 1.29 bits per heavy atom. The van der Waals surface area contributed by atoms with E-state index in [0.29, 0.717) is 0 Å². The molecule has 0 bridgehead atoms. The molecular weight excluding hydrogens is 353 g/mol. The number of likely N-dealkylation sites (N-methyl/N-ethyl adjacent to an activating group) is 1. The molecule has 0 radical (unpaired) electrons. The molecule has 112 valence electrons. The predicted octanol–water partition coefficient (Wildman–Crippen LogP) is 5.44. The van der Waals surface area contributed by atoms with Gasteiger partial charge in [-0.25, -0.2) is 4.39 Å². The fourth-order valence-corrected chi connectivity index (χ4v) is 3.16. The summed E-state index contributed by atoms with van der Waals surface area (Å²) < 4.78 is 14.0. The van der Waals surface area contributed by atoms with Crippen molar-refractivity contribution in [3.63, 3.8) is 0 Å². The van der Waals surface area contributed by atoms with Gasteiger partial charge in [0.15, 0.2) is 0 Å². The van der Waals surface area contributed by atoms with E-state index in [-0.39, 0.29) is 11.9 Å². The van der Waals surface area contributed by atoms with Crippen molar-refractivity contribution < 1.29 is 4.39 Å². The maximum Gasteiger partial charge on any atom is 0.124 e. The standard InChI is InChI=1S/C17H18BrClFN/c1-3-21-16(14-6-4-5-11(2)17(14)19)9-12-7-8-13(20)10-15(12)18/h4-8,10,16,21H,3,9H2,1-2H3. The zero-order chi connectivity index (χ0) is 15.4. The van der Waals surface area contributed by atoms with Crippen molar-refractivity contribution in [3.8, 4) is 0 Å². The largest absolute Gasteiger partial charge is 0.310 e. The van der Waals surface area contributed by atoms with Gasteiger partial charge in [-0.1, -0.05) is 58.7 Å². The first-order valence-electron chi connectivity index (χ1n) is 6.95. The molecular formula is C17H18BrClFN. The lowest BCUT2D eigenvalue weighted by Crippen LogP contribution is -2.23. The molecule has 2 aromatic carbocycles. The molecule has 0 aliphatic carbocycles. The molecule has 1 nitrogen and oxygen atoms in total. The normalized spacial score (nSPS) is 12.4. The Morgan fingerprint density at radius 3 is 2.71 bits per heavy atom. The van der Waals surface area contributed by atoms with Gasteiger partial charge in [-0.2, -0.15) is 0 Å². The fraction of sp³-hybridized carbons (Fsp3) is 0.294. The van der Waals surface area contributed by atoms with Crippen molar-refractivity contribution in [2.45, 2.75) is 26.3 Å². The molecule has 0 aliphatic heterocycles. The molecule has 0 saturated heterocycles. The van der Waals surface area contributed by atoms with E-state index in [2.05, 4.69) is 28.2 Å². The van der Waals surface area contributed by atoms with E-state index >= 15 is 0 Å². The number of benzene rings is 2. The Bertz CT molecular complexity index is 630. The highest BCUT2D eigenvalue weighted by atomic mass is 79.9. The quantitative estimate of drug-likeness (QED) is 0.738. The summed E-state index contributed by atoms with van der Waals surface area (Å²) in [5, 5.41) is 4.25. The summed E-state index contributed by atoms with van der Waals surface area (Å²) in [5.41, 5.74) is 3.20. The topological polar surface area (TPSA) is 12.0 Å². The summed E-state index contributed by atoms with van der Waals surface area (Å²) in [4.78, 5) is 0. The van der Waals surface area contributed by atoms with E-state index in [1.54, 1.807) is 0 Å². The average molecular weight is 371 g/mol. The molecule has 1 unspecified atom stereocenters. The van der Waals surface area contributed by atoms with Crippen LogP contribution >= 0.6 is 27.5 Å². The zero-order valence-corrected chi connectivity index (χ0v) is 14.4. The van der Waals surface area contributed by atoms with Gasteiger partial charge in [0, 0.05) is 15.5 Å². The van der Waals surface area contributed by atoms with Gasteiger partial charge in [0.25, 0.3) is 0 Å². The molecule has 1 N–H and O–H groups in total. The van der Waals surface area contributed by atoms with Crippen molar-refractivity contribution in [1.29, 1.82) is 0 Å². The van der Waals surface area contributed by atoms with E-state index in [9.17, 15) is 4.39 Å². The second kappa shape index (κ2) is 7.39. The van der Waals surface area contributed by atoms with Crippen LogP contribution in [-0.2, 0) is 6.42 Å². The molecule has 21 heavy (non-hydrogen) atoms. The number of hydrogen-bond donors (Lipinski definition) is 1. The Morgan fingerprint density at radius 2 is 2.05 bits per heavy atom. The maximum absolute atomic E-state index is 13.2. The first kappa shape index (κ1) is 16.5. The van der Waals surface area contributed by atoms with Crippen LogP contribution < -0.4 is 5.32 Å². The number of aryl methyl sites for hydroxylation is 1. The van der Waals surface area contributed by atoms with Gasteiger partial charge in [-0.05, 0) is 48.7 Å². The van der Waals surface area contributed by atoms with Crippen LogP contribution in [0.1, 0.15) is 29.7 Å². The zero-order valence-electron chi connectivity index (χ0n) is 12.1. The summed E-state index contributed by atoms with van der Waals surface area (Å²) in [7, 11) is 0. The van der Waals surface area contributed by atoms with Gasteiger partial charge < -0.3 is 5.32 Å². The van der Waals surface area contributed by atoms with Crippen LogP contribution in [0.5, 0.6) is 0 Å². The minimum atomic E-state index is -0.237. The smallest absolute Gasteiger partial charge is 0.124 e. The van der Waals surface area contributed by atoms with Crippen LogP contribution in [0.4, 0.5) is 4.39 Å². The summed E-state index contributed by atoms with van der Waals surface area (Å²) in [6.07, 6.45) is 0.748. The third-order valence-electron chi connectivity index (χ3n) is 3.49. The van der Waals surface area contributed by atoms with Gasteiger partial charge in [0.1, 0.15) is 5.82 Å². The van der Waals surface area contributed by atoms with Crippen LogP contribution in [0, 0.1) is 12.7 Å². The first-order chi connectivity index (χ1) is 10.0. The molecule has 0 heterocycles. The highest BCUT2D eigenvalue weighted by molar-refractivity contribution is 9.10. The number of nitrogens with one attached hydrogen (secondary N) is 1. The van der Waals surface area contributed by atoms with Crippen LogP contribution in [0.25, 0.3) is 0 Å². The Labute approximate surface area is 138 Å². The maximum atomic E-state index is 13.2. The van der Waals surface area contributed by atoms with Gasteiger partial charge in [-0.3, -0.25) is 0 Å². The minimum absolute atomic E-state index is 0.101. The van der Waals surface area contributed by atoms with Crippen LogP contribution in [0.3, 0.4) is 0 Å². The third kappa shape index (κ3) is 4.06. The number of hydrogen-bond acceptors (Lipinski definition) is 1. The third-order valence-corrected chi connectivity index (χ3v) is 4.74. The number of halogens is 3. The molecule has 0 fully saturated rings.